The van der Waals surface area contributed by atoms with Gasteiger partial charge in [0.25, 0.3) is 0 Å². The zero-order chi connectivity index (χ0) is 17.7. The molecule has 23 heavy (non-hydrogen) atoms. The standard InChI is InChI=1S/C12H13ClFN3OS.2C2H6/c13-12-15-5-2-6-19(18)8-11(17-12)16-10-4-1-3-9(14)7-10;2*1-2/h1,3-4,7H,2,5-6,8H2,(H,15,16,17);2*1-2H3. The van der Waals surface area contributed by atoms with Gasteiger partial charge in [-0.05, 0) is 36.2 Å². The number of aliphatic imine (C=N–C) groups is 2. The third-order valence-corrected chi connectivity index (χ3v) is 3.95. The first-order chi connectivity index (χ1) is 11.1. The molecule has 1 aliphatic rings. The summed E-state index contributed by atoms with van der Waals surface area (Å²) in [4.78, 5) is 8.11. The quantitative estimate of drug-likeness (QED) is 0.752. The Labute approximate surface area is 145 Å². The Kier molecular flexibility index (Phi) is 12.5. The van der Waals surface area contributed by atoms with Gasteiger partial charge in [0.05, 0.1) is 5.75 Å². The Morgan fingerprint density at radius 2 is 1.96 bits per heavy atom. The first-order valence-electron chi connectivity index (χ1n) is 7.78. The maximum atomic E-state index is 13.1. The van der Waals surface area contributed by atoms with Crippen molar-refractivity contribution < 1.29 is 8.60 Å². The van der Waals surface area contributed by atoms with Crippen LogP contribution in [0.5, 0.6) is 0 Å². The fraction of sp³-hybridized carbons (Fsp3) is 0.500. The number of rotatable bonds is 1. The number of nitrogens with zero attached hydrogens (tertiary/aromatic N) is 2. The largest absolute Gasteiger partial charge is 0.343 e. The van der Waals surface area contributed by atoms with Crippen molar-refractivity contribution in [3.05, 3.63) is 30.1 Å². The molecule has 130 valence electrons. The monoisotopic (exact) mass is 361 g/mol. The molecule has 0 spiro atoms. The summed E-state index contributed by atoms with van der Waals surface area (Å²) in [5.41, 5.74) is 0.541. The highest BCUT2D eigenvalue weighted by Gasteiger charge is 2.10. The van der Waals surface area contributed by atoms with Crippen molar-refractivity contribution in [2.45, 2.75) is 34.1 Å². The van der Waals surface area contributed by atoms with Gasteiger partial charge in [-0.3, -0.25) is 9.20 Å². The molecule has 2 rings (SSSR count). The highest BCUT2D eigenvalue weighted by Crippen LogP contribution is 2.10. The second-order valence-electron chi connectivity index (χ2n) is 3.99. The minimum Gasteiger partial charge on any atom is -0.343 e. The summed E-state index contributed by atoms with van der Waals surface area (Å²) in [6.07, 6.45) is 0.714. The Morgan fingerprint density at radius 3 is 2.61 bits per heavy atom. The molecular formula is C16H25ClFN3OS. The lowest BCUT2D eigenvalue weighted by Gasteiger charge is -2.09. The van der Waals surface area contributed by atoms with Crippen LogP contribution in [-0.2, 0) is 10.8 Å². The minimum atomic E-state index is -1.02. The molecule has 7 heteroatoms. The van der Waals surface area contributed by atoms with Crippen LogP contribution in [0.4, 0.5) is 10.1 Å². The Morgan fingerprint density at radius 1 is 1.26 bits per heavy atom. The van der Waals surface area contributed by atoms with Gasteiger partial charge in [0.15, 0.2) is 0 Å². The number of benzene rings is 1. The fourth-order valence-corrected chi connectivity index (χ4v) is 2.82. The Hall–Kier alpha value is -1.27. The summed E-state index contributed by atoms with van der Waals surface area (Å²) in [5, 5.41) is 3.05. The third-order valence-electron chi connectivity index (χ3n) is 2.41. The van der Waals surface area contributed by atoms with Crippen LogP contribution in [0, 0.1) is 5.82 Å². The second-order valence-corrected chi connectivity index (χ2v) is 5.90. The van der Waals surface area contributed by atoms with Gasteiger partial charge in [-0.15, -0.1) is 0 Å². The fourth-order valence-electron chi connectivity index (χ4n) is 1.60. The lowest BCUT2D eigenvalue weighted by atomic mass is 10.3. The van der Waals surface area contributed by atoms with Crippen molar-refractivity contribution >= 4 is 39.2 Å². The van der Waals surface area contributed by atoms with Crippen molar-refractivity contribution in [2.24, 2.45) is 9.98 Å². The zero-order valence-electron chi connectivity index (χ0n) is 14.1. The normalized spacial score (nSPS) is 19.8. The van der Waals surface area contributed by atoms with Crippen LogP contribution in [0.15, 0.2) is 34.3 Å². The first kappa shape index (κ1) is 21.7. The molecule has 1 heterocycles. The van der Waals surface area contributed by atoms with E-state index in [4.69, 9.17) is 11.6 Å². The van der Waals surface area contributed by atoms with Gasteiger partial charge < -0.3 is 5.32 Å². The second kappa shape index (κ2) is 13.2. The topological polar surface area (TPSA) is 53.8 Å². The molecule has 0 saturated heterocycles. The van der Waals surface area contributed by atoms with Crippen LogP contribution in [-0.4, -0.2) is 33.4 Å². The van der Waals surface area contributed by atoms with E-state index in [1.807, 2.05) is 27.7 Å². The van der Waals surface area contributed by atoms with Gasteiger partial charge in [0.1, 0.15) is 11.7 Å². The molecule has 0 amide bonds. The highest BCUT2D eigenvalue weighted by molar-refractivity contribution is 7.85. The number of hydrogen-bond donors (Lipinski definition) is 1. The molecule has 1 unspecified atom stereocenters. The van der Waals surface area contributed by atoms with Crippen molar-refractivity contribution in [1.29, 1.82) is 0 Å². The van der Waals surface area contributed by atoms with Crippen LogP contribution >= 0.6 is 11.6 Å². The molecule has 1 aliphatic heterocycles. The number of hydrogen-bond acceptors (Lipinski definition) is 4. The maximum Gasteiger partial charge on any atom is 0.219 e. The summed E-state index contributed by atoms with van der Waals surface area (Å²) < 4.78 is 24.9. The smallest absolute Gasteiger partial charge is 0.219 e. The van der Waals surface area contributed by atoms with Crippen LogP contribution in [0.2, 0.25) is 0 Å². The summed E-state index contributed by atoms with van der Waals surface area (Å²) in [5.74, 6) is 0.883. The third kappa shape index (κ3) is 9.46. The molecule has 1 aromatic rings. The van der Waals surface area contributed by atoms with E-state index >= 15 is 0 Å². The molecule has 4 nitrogen and oxygen atoms in total. The van der Waals surface area contributed by atoms with E-state index in [0.29, 0.717) is 30.2 Å². The lowest BCUT2D eigenvalue weighted by Crippen LogP contribution is -2.22. The Bertz CT molecular complexity index is 550. The van der Waals surface area contributed by atoms with Crippen LogP contribution in [0.3, 0.4) is 0 Å². The molecule has 0 aliphatic carbocycles. The van der Waals surface area contributed by atoms with Gasteiger partial charge in [0, 0.05) is 28.8 Å². The van der Waals surface area contributed by atoms with Gasteiger partial charge in [-0.25, -0.2) is 9.38 Å². The van der Waals surface area contributed by atoms with E-state index in [1.54, 1.807) is 12.1 Å². The van der Waals surface area contributed by atoms with E-state index in [1.165, 1.54) is 12.1 Å². The van der Waals surface area contributed by atoms with E-state index in [2.05, 4.69) is 15.3 Å². The SMILES string of the molecule is CC.CC.O=S1CCCN=C(Cl)/N=C(/Nc2cccc(F)c2)C1. The van der Waals surface area contributed by atoms with Gasteiger partial charge in [-0.1, -0.05) is 33.8 Å². The number of anilines is 1. The van der Waals surface area contributed by atoms with E-state index in [9.17, 15) is 8.60 Å². The molecule has 0 aromatic heterocycles. The first-order valence-corrected chi connectivity index (χ1v) is 9.65. The molecule has 0 radical (unpaired) electrons. The summed E-state index contributed by atoms with van der Waals surface area (Å²) in [6, 6.07) is 5.97. The van der Waals surface area contributed by atoms with Crippen LogP contribution in [0.1, 0.15) is 34.1 Å². The summed E-state index contributed by atoms with van der Waals surface area (Å²) >= 11 is 5.86. The molecule has 1 aromatic carbocycles. The highest BCUT2D eigenvalue weighted by atomic mass is 35.5. The molecule has 0 saturated carbocycles. The van der Waals surface area contributed by atoms with Crippen molar-refractivity contribution in [3.63, 3.8) is 0 Å². The van der Waals surface area contributed by atoms with Crippen LogP contribution in [0.25, 0.3) is 0 Å². The number of halogens is 2. The van der Waals surface area contributed by atoms with Crippen molar-refractivity contribution in [2.75, 3.05) is 23.4 Å². The van der Waals surface area contributed by atoms with E-state index < -0.39 is 10.8 Å². The molecular weight excluding hydrogens is 337 g/mol. The molecule has 0 fully saturated rings. The average Bonchev–Trinajstić information content (AvgIpc) is 2.62. The minimum absolute atomic E-state index is 0.123. The number of nitrogens with one attached hydrogen (secondary N) is 1. The number of amidine groups is 2. The lowest BCUT2D eigenvalue weighted by molar-refractivity contribution is 0.628. The average molecular weight is 362 g/mol. The molecule has 1 N–H and O–H groups in total. The molecule has 1 atom stereocenters. The van der Waals surface area contributed by atoms with Gasteiger partial charge >= 0.3 is 0 Å². The van der Waals surface area contributed by atoms with Crippen LogP contribution < -0.4 is 5.32 Å². The van der Waals surface area contributed by atoms with Gasteiger partial charge in [-0.2, -0.15) is 0 Å². The summed E-state index contributed by atoms with van der Waals surface area (Å²) in [7, 11) is -1.02. The van der Waals surface area contributed by atoms with E-state index in [0.717, 1.165) is 0 Å². The Balaban J connectivity index is 0.00000112. The predicted molar refractivity (Wildman–Crippen MR) is 101 cm³/mol. The molecule has 0 bridgehead atoms. The zero-order valence-corrected chi connectivity index (χ0v) is 15.7. The maximum absolute atomic E-state index is 13.1. The van der Waals surface area contributed by atoms with Gasteiger partial charge in [0.2, 0.25) is 5.29 Å². The van der Waals surface area contributed by atoms with Crippen molar-refractivity contribution in [3.8, 4) is 0 Å². The predicted octanol–water partition coefficient (Wildman–Crippen LogP) is 4.44. The van der Waals surface area contributed by atoms with Crippen molar-refractivity contribution in [1.82, 2.24) is 0 Å². The van der Waals surface area contributed by atoms with E-state index in [-0.39, 0.29) is 16.9 Å². The summed E-state index contributed by atoms with van der Waals surface area (Å²) in [6.45, 7) is 8.52.